The first-order valence-corrected chi connectivity index (χ1v) is 13.0. The van der Waals surface area contributed by atoms with E-state index in [2.05, 4.69) is 20.0 Å². The molecular formula is C28H24F2N4O3S. The minimum absolute atomic E-state index is 0.0111. The number of hydrogen-bond acceptors (Lipinski definition) is 6. The summed E-state index contributed by atoms with van der Waals surface area (Å²) in [6.45, 7) is -1.86. The number of para-hydroxylation sites is 3. The Morgan fingerprint density at radius 3 is 2.66 bits per heavy atom. The van der Waals surface area contributed by atoms with E-state index >= 15 is 0 Å². The van der Waals surface area contributed by atoms with Gasteiger partial charge in [0.15, 0.2) is 0 Å². The molecule has 1 fully saturated rings. The number of likely N-dealkylation sites (tertiary alicyclic amines) is 1. The highest BCUT2D eigenvalue weighted by atomic mass is 32.2. The zero-order valence-corrected chi connectivity index (χ0v) is 21.0. The average Bonchev–Trinajstić information content (AvgIpc) is 3.42. The van der Waals surface area contributed by atoms with Crippen molar-refractivity contribution in [2.75, 3.05) is 24.2 Å². The van der Waals surface area contributed by atoms with Gasteiger partial charge in [0.2, 0.25) is 5.91 Å². The fourth-order valence-electron chi connectivity index (χ4n) is 4.56. The average molecular weight is 535 g/mol. The summed E-state index contributed by atoms with van der Waals surface area (Å²) >= 11 is 1.21. The van der Waals surface area contributed by atoms with E-state index in [9.17, 15) is 18.4 Å². The maximum absolute atomic E-state index is 13.5. The van der Waals surface area contributed by atoms with Gasteiger partial charge in [-0.2, -0.15) is 8.78 Å². The van der Waals surface area contributed by atoms with Crippen molar-refractivity contribution in [3.8, 4) is 5.75 Å². The first-order chi connectivity index (χ1) is 18.5. The molecule has 2 amide bonds. The molecule has 1 aliphatic heterocycles. The van der Waals surface area contributed by atoms with E-state index in [0.29, 0.717) is 23.5 Å². The van der Waals surface area contributed by atoms with Gasteiger partial charge in [0.1, 0.15) is 12.1 Å². The number of amides is 2. The van der Waals surface area contributed by atoms with Gasteiger partial charge in [-0.1, -0.05) is 42.5 Å². The standard InChI is InChI=1S/C28H24F2N4O3S/c29-28(30)37-23-11-5-4-10-22(23)33-25(35)16-38-24-12-6-2-8-20(24)27(36)34-14-13-18(15-34)26-19-7-1-3-9-21(19)31-17-32-26/h1-12,17-18,28H,13-16H2,(H,33,35). The second kappa shape index (κ2) is 11.6. The summed E-state index contributed by atoms with van der Waals surface area (Å²) < 4.78 is 29.8. The first kappa shape index (κ1) is 25.6. The van der Waals surface area contributed by atoms with Gasteiger partial charge in [-0.15, -0.1) is 11.8 Å². The summed E-state index contributed by atoms with van der Waals surface area (Å²) in [6, 6.07) is 21.0. The van der Waals surface area contributed by atoms with Crippen LogP contribution in [-0.2, 0) is 4.79 Å². The first-order valence-electron chi connectivity index (χ1n) is 12.0. The molecule has 0 aliphatic carbocycles. The number of ether oxygens (including phenoxy) is 1. The van der Waals surface area contributed by atoms with Crippen LogP contribution in [0.2, 0.25) is 0 Å². The van der Waals surface area contributed by atoms with E-state index in [0.717, 1.165) is 23.0 Å². The molecule has 0 saturated carbocycles. The fourth-order valence-corrected chi connectivity index (χ4v) is 5.40. The number of nitrogens with zero attached hydrogens (tertiary/aromatic N) is 3. The quantitative estimate of drug-likeness (QED) is 0.297. The molecule has 3 aromatic carbocycles. The van der Waals surface area contributed by atoms with Crippen LogP contribution in [0, 0.1) is 0 Å². The fraction of sp³-hybridized carbons (Fsp3) is 0.214. The molecule has 1 unspecified atom stereocenters. The summed E-state index contributed by atoms with van der Waals surface area (Å²) in [5, 5.41) is 3.60. The van der Waals surface area contributed by atoms with Crippen molar-refractivity contribution in [2.24, 2.45) is 0 Å². The zero-order chi connectivity index (χ0) is 26.5. The van der Waals surface area contributed by atoms with Gasteiger partial charge in [-0.25, -0.2) is 9.97 Å². The predicted octanol–water partition coefficient (Wildman–Crippen LogP) is 5.59. The van der Waals surface area contributed by atoms with Gasteiger partial charge in [0, 0.05) is 29.3 Å². The number of nitrogens with one attached hydrogen (secondary N) is 1. The smallest absolute Gasteiger partial charge is 0.387 e. The van der Waals surface area contributed by atoms with Gasteiger partial charge in [-0.3, -0.25) is 9.59 Å². The van der Waals surface area contributed by atoms with Gasteiger partial charge in [-0.05, 0) is 36.8 Å². The number of halogens is 2. The van der Waals surface area contributed by atoms with Crippen molar-refractivity contribution < 1.29 is 23.1 Å². The molecule has 0 bridgehead atoms. The Kier molecular flexibility index (Phi) is 7.78. The molecule has 1 atom stereocenters. The van der Waals surface area contributed by atoms with E-state index in [4.69, 9.17) is 0 Å². The number of carbonyl (C=O) groups excluding carboxylic acids is 2. The van der Waals surface area contributed by atoms with Gasteiger partial charge < -0.3 is 15.0 Å². The third-order valence-corrected chi connectivity index (χ3v) is 7.36. The largest absolute Gasteiger partial charge is 0.433 e. The second-order valence-corrected chi connectivity index (χ2v) is 9.74. The van der Waals surface area contributed by atoms with Crippen LogP contribution in [0.15, 0.2) is 84.0 Å². The number of aromatic nitrogens is 2. The van der Waals surface area contributed by atoms with Gasteiger partial charge in [0.05, 0.1) is 28.2 Å². The van der Waals surface area contributed by atoms with E-state index < -0.39 is 12.5 Å². The van der Waals surface area contributed by atoms with Gasteiger partial charge >= 0.3 is 6.61 Å². The van der Waals surface area contributed by atoms with Crippen molar-refractivity contribution in [2.45, 2.75) is 23.8 Å². The third-order valence-electron chi connectivity index (χ3n) is 6.29. The molecule has 0 radical (unpaired) electrons. The summed E-state index contributed by atoms with van der Waals surface area (Å²) in [6.07, 6.45) is 2.36. The Morgan fingerprint density at radius 2 is 1.79 bits per heavy atom. The van der Waals surface area contributed by atoms with E-state index in [1.54, 1.807) is 36.7 Å². The Balaban J connectivity index is 1.25. The number of anilines is 1. The number of carbonyl (C=O) groups is 2. The molecule has 194 valence electrons. The van der Waals surface area contributed by atoms with Crippen molar-refractivity contribution in [1.82, 2.24) is 14.9 Å². The van der Waals surface area contributed by atoms with Crippen LogP contribution in [0.1, 0.15) is 28.4 Å². The lowest BCUT2D eigenvalue weighted by Gasteiger charge is -2.19. The topological polar surface area (TPSA) is 84.4 Å². The van der Waals surface area contributed by atoms with Crippen LogP contribution in [0.25, 0.3) is 10.9 Å². The van der Waals surface area contributed by atoms with E-state index in [-0.39, 0.29) is 29.0 Å². The van der Waals surface area contributed by atoms with Crippen LogP contribution < -0.4 is 10.1 Å². The molecule has 2 heterocycles. The minimum atomic E-state index is -3.00. The molecule has 38 heavy (non-hydrogen) atoms. The maximum atomic E-state index is 13.5. The summed E-state index contributed by atoms with van der Waals surface area (Å²) in [5.41, 5.74) is 2.50. The van der Waals surface area contributed by atoms with Crippen molar-refractivity contribution in [3.05, 3.63) is 90.4 Å². The van der Waals surface area contributed by atoms with Crippen LogP contribution in [0.4, 0.5) is 14.5 Å². The molecule has 0 spiro atoms. The molecule has 4 aromatic rings. The monoisotopic (exact) mass is 534 g/mol. The van der Waals surface area contributed by atoms with Crippen LogP contribution >= 0.6 is 11.8 Å². The Bertz CT molecular complexity index is 1460. The maximum Gasteiger partial charge on any atom is 0.387 e. The van der Waals surface area contributed by atoms with Crippen molar-refractivity contribution in [3.63, 3.8) is 0 Å². The van der Waals surface area contributed by atoms with Crippen molar-refractivity contribution in [1.29, 1.82) is 0 Å². The molecule has 1 aliphatic rings. The minimum Gasteiger partial charge on any atom is -0.433 e. The third kappa shape index (κ3) is 5.75. The SMILES string of the molecule is O=C(CSc1ccccc1C(=O)N1CCC(c2ncnc3ccccc23)C1)Nc1ccccc1OC(F)F. The molecule has 1 N–H and O–H groups in total. The number of thioether (sulfide) groups is 1. The summed E-state index contributed by atoms with van der Waals surface area (Å²) in [5.74, 6) is -0.531. The van der Waals surface area contributed by atoms with Crippen LogP contribution in [0.3, 0.4) is 0 Å². The predicted molar refractivity (Wildman–Crippen MR) is 142 cm³/mol. The highest BCUT2D eigenvalue weighted by Gasteiger charge is 2.31. The summed E-state index contributed by atoms with van der Waals surface area (Å²) in [4.78, 5) is 37.4. The molecule has 7 nitrogen and oxygen atoms in total. The second-order valence-electron chi connectivity index (χ2n) is 8.72. The Morgan fingerprint density at radius 1 is 1.03 bits per heavy atom. The lowest BCUT2D eigenvalue weighted by Crippen LogP contribution is -2.29. The van der Waals surface area contributed by atoms with Gasteiger partial charge in [0.25, 0.3) is 5.91 Å². The number of rotatable bonds is 8. The Labute approximate surface area is 222 Å². The Hall–Kier alpha value is -4.05. The number of alkyl halides is 2. The summed E-state index contributed by atoms with van der Waals surface area (Å²) in [7, 11) is 0. The molecule has 10 heteroatoms. The number of benzene rings is 3. The lowest BCUT2D eigenvalue weighted by molar-refractivity contribution is -0.113. The van der Waals surface area contributed by atoms with E-state index in [1.807, 2.05) is 35.2 Å². The lowest BCUT2D eigenvalue weighted by atomic mass is 10.0. The molecule has 1 saturated heterocycles. The van der Waals surface area contributed by atoms with E-state index in [1.165, 1.54) is 23.9 Å². The molecule has 5 rings (SSSR count). The normalized spacial score (nSPS) is 15.1. The van der Waals surface area contributed by atoms with Crippen LogP contribution in [0.5, 0.6) is 5.75 Å². The highest BCUT2D eigenvalue weighted by molar-refractivity contribution is 8.00. The number of fused-ring (bicyclic) bond motifs is 1. The molecule has 1 aromatic heterocycles. The highest BCUT2D eigenvalue weighted by Crippen LogP contribution is 2.33. The van der Waals surface area contributed by atoms with Crippen LogP contribution in [-0.4, -0.2) is 52.1 Å². The molecular weight excluding hydrogens is 510 g/mol. The zero-order valence-electron chi connectivity index (χ0n) is 20.2. The number of hydrogen-bond donors (Lipinski definition) is 1. The van der Waals surface area contributed by atoms with Crippen molar-refractivity contribution >= 4 is 40.2 Å².